The molecule has 0 aliphatic carbocycles. The predicted octanol–water partition coefficient (Wildman–Crippen LogP) is 17.9. The van der Waals surface area contributed by atoms with Crippen LogP contribution in [0.5, 0.6) is 0 Å². The average molecular weight is 883 g/mol. The third-order valence-corrected chi connectivity index (χ3v) is 11.8. The minimum Gasteiger partial charge on any atom is -0.462 e. The van der Waals surface area contributed by atoms with Gasteiger partial charge in [0.1, 0.15) is 13.2 Å². The van der Waals surface area contributed by atoms with Gasteiger partial charge in [-0.1, -0.05) is 211 Å². The lowest BCUT2D eigenvalue weighted by molar-refractivity contribution is -0.167. The zero-order valence-corrected chi connectivity index (χ0v) is 41.8. The van der Waals surface area contributed by atoms with Crippen LogP contribution in [-0.4, -0.2) is 37.2 Å². The van der Waals surface area contributed by atoms with Crippen LogP contribution in [-0.2, 0) is 28.6 Å². The maximum Gasteiger partial charge on any atom is 0.306 e. The molecule has 6 nitrogen and oxygen atoms in total. The summed E-state index contributed by atoms with van der Waals surface area (Å²) in [6.45, 7) is 6.58. The van der Waals surface area contributed by atoms with E-state index in [4.69, 9.17) is 14.2 Å². The van der Waals surface area contributed by atoms with E-state index >= 15 is 0 Å². The molecule has 0 spiro atoms. The Morgan fingerprint density at radius 2 is 0.587 bits per heavy atom. The Labute approximate surface area is 390 Å². The summed E-state index contributed by atoms with van der Waals surface area (Å²) in [6, 6.07) is 0. The van der Waals surface area contributed by atoms with Crippen molar-refractivity contribution in [2.75, 3.05) is 13.2 Å². The highest BCUT2D eigenvalue weighted by molar-refractivity contribution is 5.71. The van der Waals surface area contributed by atoms with Gasteiger partial charge in [0.2, 0.25) is 0 Å². The molecule has 0 saturated heterocycles. The van der Waals surface area contributed by atoms with Crippen molar-refractivity contribution in [2.24, 2.45) is 0 Å². The number of allylic oxidation sites excluding steroid dienone is 8. The number of unbranched alkanes of at least 4 members (excludes halogenated alkanes) is 30. The molecule has 1 atom stereocenters. The molecule has 0 amide bonds. The van der Waals surface area contributed by atoms with Crippen LogP contribution in [0.3, 0.4) is 0 Å². The quantitative estimate of drug-likeness (QED) is 0.0262. The number of carbonyl (C=O) groups excluding carboxylic acids is 3. The van der Waals surface area contributed by atoms with Gasteiger partial charge < -0.3 is 14.2 Å². The Balaban J connectivity index is 4.41. The standard InChI is InChI=1S/C57H102O6/c1-4-7-10-13-16-19-22-25-28-30-32-35-38-41-44-47-50-56(59)62-53-54(52-61-55(58)49-46-43-40-37-34-31-27-24-21-18-15-12-9-6-3)63-57(60)51-48-45-42-39-36-33-29-26-23-20-17-14-11-8-5-2/h15,18,24,26-30,54H,4-14,16-17,19-23,25,31-53H2,1-3H3/b18-15-,27-24-,29-26-,30-28-/t54-/m1/s1. The van der Waals surface area contributed by atoms with Crippen molar-refractivity contribution in [2.45, 2.75) is 284 Å². The summed E-state index contributed by atoms with van der Waals surface area (Å²) >= 11 is 0. The first-order valence-corrected chi connectivity index (χ1v) is 27.1. The van der Waals surface area contributed by atoms with Crippen LogP contribution in [0.1, 0.15) is 278 Å². The van der Waals surface area contributed by atoms with Gasteiger partial charge in [0.15, 0.2) is 6.10 Å². The van der Waals surface area contributed by atoms with E-state index in [1.807, 2.05) is 0 Å². The fraction of sp³-hybridized carbons (Fsp3) is 0.807. The van der Waals surface area contributed by atoms with E-state index in [1.165, 1.54) is 141 Å². The molecule has 0 unspecified atom stereocenters. The number of esters is 3. The summed E-state index contributed by atoms with van der Waals surface area (Å²) in [5.74, 6) is -0.906. The summed E-state index contributed by atoms with van der Waals surface area (Å²) in [6.07, 6.45) is 62.3. The average Bonchev–Trinajstić information content (AvgIpc) is 3.28. The van der Waals surface area contributed by atoms with Crippen LogP contribution in [0, 0.1) is 0 Å². The van der Waals surface area contributed by atoms with Crippen LogP contribution in [0.4, 0.5) is 0 Å². The molecule has 0 aliphatic heterocycles. The molecule has 0 aromatic heterocycles. The highest BCUT2D eigenvalue weighted by atomic mass is 16.6. The Morgan fingerprint density at radius 3 is 0.937 bits per heavy atom. The van der Waals surface area contributed by atoms with Crippen molar-refractivity contribution in [3.8, 4) is 0 Å². The van der Waals surface area contributed by atoms with Gasteiger partial charge in [0, 0.05) is 19.3 Å². The molecule has 0 rings (SSSR count). The van der Waals surface area contributed by atoms with Crippen LogP contribution in [0.2, 0.25) is 0 Å². The monoisotopic (exact) mass is 883 g/mol. The number of hydrogen-bond donors (Lipinski definition) is 0. The Kier molecular flexibility index (Phi) is 49.8. The molecule has 0 heterocycles. The van der Waals surface area contributed by atoms with Gasteiger partial charge in [-0.15, -0.1) is 0 Å². The molecule has 0 N–H and O–H groups in total. The van der Waals surface area contributed by atoms with E-state index in [2.05, 4.69) is 69.4 Å². The molecule has 0 saturated carbocycles. The van der Waals surface area contributed by atoms with E-state index in [-0.39, 0.29) is 31.1 Å². The van der Waals surface area contributed by atoms with Crippen molar-refractivity contribution in [1.29, 1.82) is 0 Å². The molecular formula is C57H102O6. The van der Waals surface area contributed by atoms with Crippen molar-refractivity contribution in [3.05, 3.63) is 48.6 Å². The molecule has 6 heteroatoms. The topological polar surface area (TPSA) is 78.9 Å². The van der Waals surface area contributed by atoms with Crippen LogP contribution < -0.4 is 0 Å². The maximum atomic E-state index is 12.8. The number of rotatable bonds is 49. The highest BCUT2D eigenvalue weighted by Crippen LogP contribution is 2.14. The summed E-state index contributed by atoms with van der Waals surface area (Å²) in [5.41, 5.74) is 0. The van der Waals surface area contributed by atoms with Crippen molar-refractivity contribution >= 4 is 17.9 Å². The van der Waals surface area contributed by atoms with Gasteiger partial charge in [0.25, 0.3) is 0 Å². The Hall–Kier alpha value is -2.63. The fourth-order valence-electron chi connectivity index (χ4n) is 7.62. The van der Waals surface area contributed by atoms with Gasteiger partial charge >= 0.3 is 17.9 Å². The van der Waals surface area contributed by atoms with Gasteiger partial charge in [-0.2, -0.15) is 0 Å². The Morgan fingerprint density at radius 1 is 0.317 bits per heavy atom. The fourth-order valence-corrected chi connectivity index (χ4v) is 7.62. The number of hydrogen-bond acceptors (Lipinski definition) is 6. The van der Waals surface area contributed by atoms with E-state index in [1.54, 1.807) is 0 Å². The van der Waals surface area contributed by atoms with Crippen LogP contribution >= 0.6 is 0 Å². The lowest BCUT2D eigenvalue weighted by Gasteiger charge is -2.18. The second kappa shape index (κ2) is 52.0. The summed E-state index contributed by atoms with van der Waals surface area (Å²) in [7, 11) is 0. The van der Waals surface area contributed by atoms with Crippen molar-refractivity contribution in [1.82, 2.24) is 0 Å². The van der Waals surface area contributed by atoms with E-state index < -0.39 is 6.10 Å². The second-order valence-corrected chi connectivity index (χ2v) is 18.1. The zero-order valence-electron chi connectivity index (χ0n) is 41.8. The zero-order chi connectivity index (χ0) is 45.8. The molecule has 63 heavy (non-hydrogen) atoms. The first kappa shape index (κ1) is 60.4. The summed E-state index contributed by atoms with van der Waals surface area (Å²) in [5, 5.41) is 0. The molecule has 0 bridgehead atoms. The SMILES string of the molecule is CCCC/C=C\C/C=C\CCCCCCCC(=O)OC[C@H](COC(=O)CCCCCCC/C=C\CCCCCCCCC)OC(=O)CCCCCCC/C=C\CCCCCCCC. The van der Waals surface area contributed by atoms with Crippen LogP contribution in [0.15, 0.2) is 48.6 Å². The molecular weight excluding hydrogens is 781 g/mol. The van der Waals surface area contributed by atoms with Gasteiger partial charge in [0.05, 0.1) is 0 Å². The summed E-state index contributed by atoms with van der Waals surface area (Å²) in [4.78, 5) is 38.0. The van der Waals surface area contributed by atoms with Gasteiger partial charge in [-0.25, -0.2) is 0 Å². The van der Waals surface area contributed by atoms with Crippen molar-refractivity contribution < 1.29 is 28.6 Å². The second-order valence-electron chi connectivity index (χ2n) is 18.1. The molecule has 0 fully saturated rings. The highest BCUT2D eigenvalue weighted by Gasteiger charge is 2.19. The molecule has 0 radical (unpaired) electrons. The van der Waals surface area contributed by atoms with Gasteiger partial charge in [-0.05, 0) is 96.3 Å². The number of carbonyl (C=O) groups is 3. The first-order valence-electron chi connectivity index (χ1n) is 27.1. The van der Waals surface area contributed by atoms with Crippen molar-refractivity contribution in [3.63, 3.8) is 0 Å². The van der Waals surface area contributed by atoms with Crippen LogP contribution in [0.25, 0.3) is 0 Å². The minimum absolute atomic E-state index is 0.0843. The maximum absolute atomic E-state index is 12.8. The number of ether oxygens (including phenoxy) is 3. The molecule has 0 aliphatic rings. The smallest absolute Gasteiger partial charge is 0.306 e. The Bertz CT molecular complexity index is 1110. The lowest BCUT2D eigenvalue weighted by Crippen LogP contribution is -2.30. The van der Waals surface area contributed by atoms with E-state index in [0.29, 0.717) is 19.3 Å². The normalized spacial score (nSPS) is 12.4. The molecule has 366 valence electrons. The molecule has 0 aromatic rings. The minimum atomic E-state index is -0.785. The third kappa shape index (κ3) is 50.2. The molecule has 0 aromatic carbocycles. The van der Waals surface area contributed by atoms with E-state index in [0.717, 1.165) is 96.3 Å². The van der Waals surface area contributed by atoms with E-state index in [9.17, 15) is 14.4 Å². The van der Waals surface area contributed by atoms with Gasteiger partial charge in [-0.3, -0.25) is 14.4 Å². The lowest BCUT2D eigenvalue weighted by atomic mass is 10.1. The summed E-state index contributed by atoms with van der Waals surface area (Å²) < 4.78 is 16.8. The predicted molar refractivity (Wildman–Crippen MR) is 270 cm³/mol. The largest absolute Gasteiger partial charge is 0.462 e. The first-order chi connectivity index (χ1) is 31.0. The third-order valence-electron chi connectivity index (χ3n) is 11.8.